The highest BCUT2D eigenvalue weighted by Gasteiger charge is 2.08. The Labute approximate surface area is 183 Å². The molecule has 2 rings (SSSR count). The molecule has 2 amide bonds. The molecule has 0 radical (unpaired) electrons. The van der Waals surface area contributed by atoms with E-state index in [1.54, 1.807) is 24.3 Å². The van der Waals surface area contributed by atoms with Crippen LogP contribution in [-0.2, 0) is 9.59 Å². The lowest BCUT2D eigenvalue weighted by atomic mass is 10.2. The summed E-state index contributed by atoms with van der Waals surface area (Å²) >= 11 is 9.45. The van der Waals surface area contributed by atoms with Crippen molar-refractivity contribution < 1.29 is 14.3 Å². The molecule has 0 atom stereocenters. The van der Waals surface area contributed by atoms with Gasteiger partial charge < -0.3 is 10.1 Å². The third-order valence-electron chi connectivity index (χ3n) is 3.84. The number of halogens is 2. The summed E-state index contributed by atoms with van der Waals surface area (Å²) in [5.41, 5.74) is 3.74. The number of hydrazone groups is 1. The topological polar surface area (TPSA) is 79.8 Å². The Hall–Kier alpha value is -2.38. The van der Waals surface area contributed by atoms with Gasteiger partial charge in [-0.25, -0.2) is 5.43 Å². The van der Waals surface area contributed by atoms with Crippen molar-refractivity contribution in [1.29, 1.82) is 0 Å². The van der Waals surface area contributed by atoms with E-state index in [-0.39, 0.29) is 24.7 Å². The van der Waals surface area contributed by atoms with Crippen LogP contribution in [-0.4, -0.2) is 24.6 Å². The fourth-order valence-corrected chi connectivity index (χ4v) is 2.97. The summed E-state index contributed by atoms with van der Waals surface area (Å²) in [5, 5.41) is 7.04. The number of carbonyl (C=O) groups excluding carboxylic acids is 2. The van der Waals surface area contributed by atoms with Crippen LogP contribution in [0.15, 0.2) is 52.0 Å². The second-order valence-electron chi connectivity index (χ2n) is 6.21. The van der Waals surface area contributed by atoms with Crippen molar-refractivity contribution in [2.45, 2.75) is 32.6 Å². The number of para-hydroxylation sites is 1. The molecule has 2 N–H and O–H groups in total. The molecule has 0 aromatic heterocycles. The molecular weight excluding hydrogens is 458 g/mol. The van der Waals surface area contributed by atoms with Crippen LogP contribution in [0.4, 0.5) is 5.69 Å². The number of ether oxygens (including phenoxy) is 1. The summed E-state index contributed by atoms with van der Waals surface area (Å²) in [4.78, 5) is 23.8. The molecule has 0 unspecified atom stereocenters. The maximum Gasteiger partial charge on any atom is 0.240 e. The van der Waals surface area contributed by atoms with Gasteiger partial charge in [-0.05, 0) is 58.2 Å². The fourth-order valence-electron chi connectivity index (χ4n) is 2.28. The van der Waals surface area contributed by atoms with E-state index in [9.17, 15) is 9.59 Å². The van der Waals surface area contributed by atoms with E-state index >= 15 is 0 Å². The lowest BCUT2D eigenvalue weighted by Crippen LogP contribution is -2.20. The van der Waals surface area contributed by atoms with Gasteiger partial charge in [0.15, 0.2) is 0 Å². The van der Waals surface area contributed by atoms with E-state index in [0.29, 0.717) is 17.3 Å². The number of unbranched alkanes of at least 4 members (excludes halogenated alkanes) is 1. The van der Waals surface area contributed by atoms with E-state index in [2.05, 4.69) is 38.7 Å². The zero-order chi connectivity index (χ0) is 21.1. The maximum atomic E-state index is 11.9. The molecule has 2 aromatic carbocycles. The van der Waals surface area contributed by atoms with Crippen molar-refractivity contribution in [2.24, 2.45) is 5.10 Å². The number of amides is 2. The summed E-state index contributed by atoms with van der Waals surface area (Å²) in [6.07, 6.45) is 3.65. The van der Waals surface area contributed by atoms with Gasteiger partial charge >= 0.3 is 0 Å². The normalized spacial score (nSPS) is 10.7. The fraction of sp³-hybridized carbons (Fsp3) is 0.286. The Kier molecular flexibility index (Phi) is 9.67. The van der Waals surface area contributed by atoms with Crippen molar-refractivity contribution >= 4 is 51.2 Å². The number of benzene rings is 2. The highest BCUT2D eigenvalue weighted by Crippen LogP contribution is 2.25. The Morgan fingerprint density at radius 3 is 2.66 bits per heavy atom. The van der Waals surface area contributed by atoms with Gasteiger partial charge in [0.1, 0.15) is 5.75 Å². The monoisotopic (exact) mass is 479 g/mol. The Morgan fingerprint density at radius 1 is 1.17 bits per heavy atom. The van der Waals surface area contributed by atoms with Gasteiger partial charge in [-0.15, -0.1) is 0 Å². The summed E-state index contributed by atoms with van der Waals surface area (Å²) in [7, 11) is 0. The minimum absolute atomic E-state index is 0.0154. The van der Waals surface area contributed by atoms with E-state index in [0.717, 1.165) is 28.6 Å². The highest BCUT2D eigenvalue weighted by atomic mass is 79.9. The molecule has 0 aliphatic carbocycles. The first-order valence-electron chi connectivity index (χ1n) is 9.28. The van der Waals surface area contributed by atoms with Gasteiger partial charge in [0.05, 0.1) is 28.0 Å². The van der Waals surface area contributed by atoms with Gasteiger partial charge in [0, 0.05) is 12.8 Å². The van der Waals surface area contributed by atoms with Gasteiger partial charge in [0.2, 0.25) is 11.8 Å². The molecular formula is C21H23BrClN3O3. The lowest BCUT2D eigenvalue weighted by Gasteiger charge is -2.08. The van der Waals surface area contributed by atoms with Crippen LogP contribution in [0.5, 0.6) is 5.75 Å². The molecule has 0 aliphatic heterocycles. The third-order valence-corrected chi connectivity index (χ3v) is 4.79. The molecule has 6 nitrogen and oxygen atoms in total. The molecule has 0 spiro atoms. The Balaban J connectivity index is 1.75. The first kappa shape index (κ1) is 22.9. The summed E-state index contributed by atoms with van der Waals surface area (Å²) in [5.74, 6) is 0.123. The van der Waals surface area contributed by atoms with Crippen LogP contribution in [0.2, 0.25) is 5.02 Å². The van der Waals surface area contributed by atoms with Crippen LogP contribution < -0.4 is 15.5 Å². The van der Waals surface area contributed by atoms with Crippen molar-refractivity contribution in [3.8, 4) is 5.75 Å². The van der Waals surface area contributed by atoms with Gasteiger partial charge in [0.25, 0.3) is 0 Å². The van der Waals surface area contributed by atoms with Crippen LogP contribution in [0.1, 0.15) is 38.2 Å². The standard InChI is InChI=1S/C21H23BrClN3O3/c1-2-3-12-29-19-9-8-15(13-16(19)22)14-24-26-21(28)11-10-20(27)25-18-7-5-4-6-17(18)23/h4-9,13-14H,2-3,10-12H2,1H3,(H,25,27)(H,26,28). The van der Waals surface area contributed by atoms with E-state index in [4.69, 9.17) is 16.3 Å². The largest absolute Gasteiger partial charge is 0.492 e. The first-order valence-corrected chi connectivity index (χ1v) is 10.5. The number of hydrogen-bond donors (Lipinski definition) is 2. The number of nitrogens with zero attached hydrogens (tertiary/aromatic N) is 1. The third kappa shape index (κ3) is 8.25. The molecule has 29 heavy (non-hydrogen) atoms. The Bertz CT molecular complexity index is 874. The van der Waals surface area contributed by atoms with Gasteiger partial charge in [-0.1, -0.05) is 37.1 Å². The molecule has 0 aliphatic rings. The second-order valence-corrected chi connectivity index (χ2v) is 7.47. The first-order chi connectivity index (χ1) is 14.0. The number of carbonyl (C=O) groups is 2. The predicted molar refractivity (Wildman–Crippen MR) is 120 cm³/mol. The zero-order valence-electron chi connectivity index (χ0n) is 16.1. The van der Waals surface area contributed by atoms with Crippen LogP contribution in [0.3, 0.4) is 0 Å². The zero-order valence-corrected chi connectivity index (χ0v) is 18.4. The van der Waals surface area contributed by atoms with Crippen molar-refractivity contribution in [2.75, 3.05) is 11.9 Å². The average Bonchev–Trinajstić information content (AvgIpc) is 2.70. The number of anilines is 1. The second kappa shape index (κ2) is 12.2. The summed E-state index contributed by atoms with van der Waals surface area (Å²) < 4.78 is 6.49. The van der Waals surface area contributed by atoms with E-state index in [1.807, 2.05) is 18.2 Å². The van der Waals surface area contributed by atoms with Crippen molar-refractivity contribution in [1.82, 2.24) is 5.43 Å². The molecule has 154 valence electrons. The Morgan fingerprint density at radius 2 is 1.93 bits per heavy atom. The predicted octanol–water partition coefficient (Wildman–Crippen LogP) is 5.15. The minimum atomic E-state index is -0.353. The number of rotatable bonds is 10. The van der Waals surface area contributed by atoms with Crippen LogP contribution in [0, 0.1) is 0 Å². The smallest absolute Gasteiger partial charge is 0.240 e. The maximum absolute atomic E-state index is 11.9. The minimum Gasteiger partial charge on any atom is -0.492 e. The molecule has 0 heterocycles. The van der Waals surface area contributed by atoms with Crippen molar-refractivity contribution in [3.63, 3.8) is 0 Å². The SMILES string of the molecule is CCCCOc1ccc(C=NNC(=O)CCC(=O)Nc2ccccc2Cl)cc1Br. The molecule has 0 bridgehead atoms. The van der Waals surface area contributed by atoms with Crippen LogP contribution >= 0.6 is 27.5 Å². The molecule has 8 heteroatoms. The summed E-state index contributed by atoms with van der Waals surface area (Å²) in [6, 6.07) is 12.5. The van der Waals surface area contributed by atoms with E-state index in [1.165, 1.54) is 6.21 Å². The number of nitrogens with one attached hydrogen (secondary N) is 2. The number of hydrogen-bond acceptors (Lipinski definition) is 4. The summed E-state index contributed by atoms with van der Waals surface area (Å²) in [6.45, 7) is 2.78. The highest BCUT2D eigenvalue weighted by molar-refractivity contribution is 9.10. The van der Waals surface area contributed by atoms with Gasteiger partial charge in [-0.2, -0.15) is 5.10 Å². The molecule has 2 aromatic rings. The lowest BCUT2D eigenvalue weighted by molar-refractivity contribution is -0.124. The van der Waals surface area contributed by atoms with Crippen LogP contribution in [0.25, 0.3) is 0 Å². The van der Waals surface area contributed by atoms with Gasteiger partial charge in [-0.3, -0.25) is 9.59 Å². The van der Waals surface area contributed by atoms with E-state index < -0.39 is 0 Å². The quantitative estimate of drug-likeness (QED) is 0.280. The average molecular weight is 481 g/mol. The van der Waals surface area contributed by atoms with Crippen molar-refractivity contribution in [3.05, 3.63) is 57.5 Å². The molecule has 0 fully saturated rings. The molecule has 0 saturated heterocycles. The molecule has 0 saturated carbocycles.